The fourth-order valence-corrected chi connectivity index (χ4v) is 5.06. The van der Waals surface area contributed by atoms with Crippen molar-refractivity contribution in [2.24, 2.45) is 0 Å². The molecule has 3 N–H and O–H groups in total. The highest BCUT2D eigenvalue weighted by Gasteiger charge is 2.27. The molecule has 0 heterocycles. The number of nitrogens with zero attached hydrogens (tertiary/aromatic N) is 6. The van der Waals surface area contributed by atoms with Crippen molar-refractivity contribution in [3.8, 4) is 30.3 Å². The molecule has 2 aliphatic carbocycles. The van der Waals surface area contributed by atoms with Crippen molar-refractivity contribution < 1.29 is 0 Å². The molecular weight excluding hydrogens is 474 g/mol. The van der Waals surface area contributed by atoms with E-state index in [1.165, 1.54) is 0 Å². The maximum Gasteiger partial charge on any atom is 0.266 e. The van der Waals surface area contributed by atoms with Crippen molar-refractivity contribution in [1.82, 2.24) is 16.0 Å². The minimum Gasteiger partial charge on any atom is -0.387 e. The Kier molecular flexibility index (Phi) is 12.3. The van der Waals surface area contributed by atoms with E-state index in [4.69, 9.17) is 6.57 Å². The highest BCUT2D eigenvalue weighted by atomic mass is 14.9. The summed E-state index contributed by atoms with van der Waals surface area (Å²) in [6.07, 6.45) is 8.07. The number of unbranched alkanes of at least 4 members (excludes halogenated alkanes) is 4. The highest BCUT2D eigenvalue weighted by Crippen LogP contribution is 2.34. The Morgan fingerprint density at radius 3 is 1.97 bits per heavy atom. The van der Waals surface area contributed by atoms with E-state index < -0.39 is 0 Å². The van der Waals surface area contributed by atoms with E-state index in [-0.39, 0.29) is 23.4 Å². The molecule has 0 bridgehead atoms. The zero-order chi connectivity index (χ0) is 27.9. The van der Waals surface area contributed by atoms with Crippen LogP contribution in [0.5, 0.6) is 0 Å². The number of nitriles is 5. The molecular formula is C29H33N9. The largest absolute Gasteiger partial charge is 0.387 e. The lowest BCUT2D eigenvalue weighted by molar-refractivity contribution is 0.506. The molecule has 0 radical (unpaired) electrons. The monoisotopic (exact) mass is 507 g/mol. The van der Waals surface area contributed by atoms with Crippen LogP contribution in [0.25, 0.3) is 4.85 Å². The molecule has 9 heteroatoms. The van der Waals surface area contributed by atoms with Crippen LogP contribution in [0.3, 0.4) is 0 Å². The second kappa shape index (κ2) is 15.7. The van der Waals surface area contributed by atoms with Gasteiger partial charge in [0.2, 0.25) is 0 Å². The van der Waals surface area contributed by atoms with Crippen LogP contribution in [0.1, 0.15) is 64.2 Å². The third kappa shape index (κ3) is 7.56. The minimum atomic E-state index is -0.0199. The Balaban J connectivity index is 1.91. The average Bonchev–Trinajstić information content (AvgIpc) is 2.95. The molecule has 9 nitrogen and oxygen atoms in total. The number of hydrogen-bond donors (Lipinski definition) is 3. The first-order chi connectivity index (χ1) is 18.5. The Bertz CT molecular complexity index is 1140. The van der Waals surface area contributed by atoms with Gasteiger partial charge in [-0.25, -0.2) is 10.1 Å². The van der Waals surface area contributed by atoms with Crippen molar-refractivity contribution in [2.45, 2.75) is 76.3 Å². The standard InChI is InChI=1S/C29H33N9/c1-35-22-11-20(26(17-32)24(12-22)21(15-30)16-31)9-7-5-4-6-8-10-38-28-14-23(36-2)13-25(27(28)18-33)29(19-34)37-3/h22-23,35-36,38H,4-14H2,1-2H3/b29-25+. The van der Waals surface area contributed by atoms with Crippen molar-refractivity contribution in [1.29, 1.82) is 26.3 Å². The molecule has 0 fully saturated rings. The van der Waals surface area contributed by atoms with Crippen molar-refractivity contribution in [2.75, 3.05) is 20.6 Å². The van der Waals surface area contributed by atoms with Gasteiger partial charge < -0.3 is 16.0 Å². The van der Waals surface area contributed by atoms with Gasteiger partial charge in [-0.2, -0.15) is 21.0 Å². The number of rotatable bonds is 11. The van der Waals surface area contributed by atoms with Gasteiger partial charge in [0.25, 0.3) is 5.70 Å². The highest BCUT2D eigenvalue weighted by molar-refractivity contribution is 5.57. The molecule has 0 amide bonds. The zero-order valence-corrected chi connectivity index (χ0v) is 22.1. The van der Waals surface area contributed by atoms with Crippen LogP contribution < -0.4 is 16.0 Å². The van der Waals surface area contributed by atoms with E-state index in [0.29, 0.717) is 48.1 Å². The summed E-state index contributed by atoms with van der Waals surface area (Å²) in [6.45, 7) is 7.98. The second-order valence-electron chi connectivity index (χ2n) is 9.42. The molecule has 194 valence electrons. The lowest BCUT2D eigenvalue weighted by atomic mass is 9.81. The maximum atomic E-state index is 9.73. The average molecular weight is 508 g/mol. The summed E-state index contributed by atoms with van der Waals surface area (Å²) in [7, 11) is 3.70. The lowest BCUT2D eigenvalue weighted by Gasteiger charge is -2.27. The molecule has 38 heavy (non-hydrogen) atoms. The smallest absolute Gasteiger partial charge is 0.266 e. The molecule has 2 atom stereocenters. The molecule has 0 aromatic heterocycles. The van der Waals surface area contributed by atoms with Gasteiger partial charge in [0.1, 0.15) is 17.7 Å². The van der Waals surface area contributed by atoms with Gasteiger partial charge >= 0.3 is 0 Å². The first-order valence-electron chi connectivity index (χ1n) is 12.9. The molecule has 0 aliphatic heterocycles. The summed E-state index contributed by atoms with van der Waals surface area (Å²) < 4.78 is 0. The Morgan fingerprint density at radius 2 is 1.39 bits per heavy atom. The molecule has 0 spiro atoms. The van der Waals surface area contributed by atoms with Gasteiger partial charge in [0, 0.05) is 30.7 Å². The molecule has 0 aromatic rings. The predicted molar refractivity (Wildman–Crippen MR) is 143 cm³/mol. The van der Waals surface area contributed by atoms with Crippen molar-refractivity contribution in [3.63, 3.8) is 0 Å². The molecule has 2 rings (SSSR count). The normalized spacial score (nSPS) is 20.3. The molecule has 0 aromatic carbocycles. The third-order valence-corrected chi connectivity index (χ3v) is 7.17. The summed E-state index contributed by atoms with van der Waals surface area (Å²) in [5, 5.41) is 57.2. The Morgan fingerprint density at radius 1 is 0.789 bits per heavy atom. The van der Waals surface area contributed by atoms with Gasteiger partial charge in [0.15, 0.2) is 0 Å². The van der Waals surface area contributed by atoms with Gasteiger partial charge in [-0.15, -0.1) is 0 Å². The second-order valence-corrected chi connectivity index (χ2v) is 9.42. The van der Waals surface area contributed by atoms with Crippen molar-refractivity contribution >= 4 is 0 Å². The van der Waals surface area contributed by atoms with Crippen molar-refractivity contribution in [3.05, 3.63) is 56.2 Å². The Hall–Kier alpha value is -4.38. The van der Waals surface area contributed by atoms with E-state index in [1.807, 2.05) is 32.3 Å². The summed E-state index contributed by atoms with van der Waals surface area (Å²) in [6, 6.07) is 10.4. The SMILES string of the molecule is [C-]#[N+]/C(C#N)=C1\CC(NC)CC(NCCCCCCCC2=C(C#N)C(=C(C#N)C#N)CC(NC)C2)=C1C#N. The summed E-state index contributed by atoms with van der Waals surface area (Å²) in [4.78, 5) is 3.32. The number of nitrogens with one attached hydrogen (secondary N) is 3. The van der Waals surface area contributed by atoms with Crippen LogP contribution in [0.15, 0.2) is 44.8 Å². The molecule has 0 saturated heterocycles. The van der Waals surface area contributed by atoms with Gasteiger partial charge in [-0.3, -0.25) is 0 Å². The fraction of sp³-hybridized carbons (Fsp3) is 0.517. The van der Waals surface area contributed by atoms with Crippen LogP contribution in [0, 0.1) is 63.2 Å². The number of hydrogen-bond acceptors (Lipinski definition) is 8. The molecule has 2 unspecified atom stereocenters. The first-order valence-corrected chi connectivity index (χ1v) is 12.9. The minimum absolute atomic E-state index is 0.0199. The summed E-state index contributed by atoms with van der Waals surface area (Å²) in [5.74, 6) is 0. The van der Waals surface area contributed by atoms with Gasteiger partial charge in [0.05, 0.1) is 35.9 Å². The summed E-state index contributed by atoms with van der Waals surface area (Å²) in [5.41, 5.74) is 3.83. The van der Waals surface area contributed by atoms with Gasteiger partial charge in [-0.05, 0) is 63.8 Å². The van der Waals surface area contributed by atoms with Crippen LogP contribution in [-0.4, -0.2) is 32.7 Å². The van der Waals surface area contributed by atoms with E-state index >= 15 is 0 Å². The first kappa shape index (κ1) is 29.8. The van der Waals surface area contributed by atoms with Gasteiger partial charge in [-0.1, -0.05) is 24.8 Å². The number of allylic oxidation sites excluding steroid dienone is 4. The maximum absolute atomic E-state index is 9.73. The fourth-order valence-electron chi connectivity index (χ4n) is 5.06. The Labute approximate surface area is 225 Å². The van der Waals surface area contributed by atoms with Crippen LogP contribution in [-0.2, 0) is 0 Å². The van der Waals surface area contributed by atoms with E-state index in [2.05, 4.69) is 32.9 Å². The predicted octanol–water partition coefficient (Wildman–Crippen LogP) is 4.32. The molecule has 0 saturated carbocycles. The van der Waals surface area contributed by atoms with E-state index in [1.54, 1.807) is 0 Å². The third-order valence-electron chi connectivity index (χ3n) is 7.17. The zero-order valence-electron chi connectivity index (χ0n) is 22.1. The quantitative estimate of drug-likeness (QED) is 0.212. The molecule has 2 aliphatic rings. The lowest BCUT2D eigenvalue weighted by Crippen LogP contribution is -2.34. The van der Waals surface area contributed by atoms with Crippen LogP contribution >= 0.6 is 0 Å². The summed E-state index contributed by atoms with van der Waals surface area (Å²) >= 11 is 0. The van der Waals surface area contributed by atoms with E-state index in [9.17, 15) is 26.3 Å². The van der Waals surface area contributed by atoms with E-state index in [0.717, 1.165) is 56.2 Å². The van der Waals surface area contributed by atoms with Crippen LogP contribution in [0.2, 0.25) is 0 Å². The topological polar surface area (TPSA) is 159 Å². The van der Waals surface area contributed by atoms with Crippen LogP contribution in [0.4, 0.5) is 0 Å².